The van der Waals surface area contributed by atoms with Crippen molar-refractivity contribution in [3.8, 4) is 23.1 Å². The molecule has 118 valence electrons. The average molecular weight is 309 g/mol. The summed E-state index contributed by atoms with van der Waals surface area (Å²) >= 11 is 0. The molecule has 4 rings (SSSR count). The molecular weight excluding hydrogens is 290 g/mol. The molecule has 2 aliphatic rings. The third kappa shape index (κ3) is 2.43. The Kier molecular flexibility index (Phi) is 3.43. The molecule has 1 fully saturated rings. The molecular formula is C17H19N5O. The molecule has 1 aromatic heterocycles. The van der Waals surface area contributed by atoms with Gasteiger partial charge in [-0.25, -0.2) is 0 Å². The number of H-pyrrole nitrogens is 1. The van der Waals surface area contributed by atoms with Gasteiger partial charge >= 0.3 is 0 Å². The van der Waals surface area contributed by atoms with Crippen molar-refractivity contribution in [3.05, 3.63) is 29.5 Å². The van der Waals surface area contributed by atoms with Crippen LogP contribution < -0.4 is 15.8 Å². The van der Waals surface area contributed by atoms with E-state index in [1.54, 1.807) is 0 Å². The van der Waals surface area contributed by atoms with Gasteiger partial charge in [-0.3, -0.25) is 5.10 Å². The summed E-state index contributed by atoms with van der Waals surface area (Å²) in [7, 11) is 0. The smallest absolute Gasteiger partial charge is 0.159 e. The van der Waals surface area contributed by atoms with Gasteiger partial charge in [0.25, 0.3) is 0 Å². The highest BCUT2D eigenvalue weighted by atomic mass is 16.5. The largest absolute Gasteiger partial charge is 0.471 e. The van der Waals surface area contributed by atoms with Crippen LogP contribution in [-0.4, -0.2) is 23.0 Å². The molecule has 6 heteroatoms. The zero-order chi connectivity index (χ0) is 15.8. The number of nitriles is 1. The minimum absolute atomic E-state index is 0.292. The third-order valence-corrected chi connectivity index (χ3v) is 4.83. The lowest BCUT2D eigenvalue weighted by atomic mass is 9.83. The predicted molar refractivity (Wildman–Crippen MR) is 87.0 cm³/mol. The van der Waals surface area contributed by atoms with Crippen molar-refractivity contribution in [2.24, 2.45) is 5.73 Å². The molecule has 0 saturated heterocycles. The second-order valence-corrected chi connectivity index (χ2v) is 6.26. The molecule has 0 atom stereocenters. The van der Waals surface area contributed by atoms with Gasteiger partial charge in [0, 0.05) is 17.5 Å². The topological polar surface area (TPSA) is 99.7 Å². The van der Waals surface area contributed by atoms with E-state index in [1.165, 1.54) is 0 Å². The number of rotatable bonds is 2. The number of anilines is 1. The van der Waals surface area contributed by atoms with E-state index in [4.69, 9.17) is 10.5 Å². The molecule has 4 N–H and O–H groups in total. The van der Waals surface area contributed by atoms with Crippen molar-refractivity contribution in [2.75, 3.05) is 12.0 Å². The Morgan fingerprint density at radius 1 is 1.26 bits per heavy atom. The lowest BCUT2D eigenvalue weighted by Gasteiger charge is -2.25. The van der Waals surface area contributed by atoms with Crippen LogP contribution in [0.2, 0.25) is 0 Å². The number of fused-ring (bicyclic) bond motifs is 1. The SMILES string of the molecule is N#Cc1c(-c2ccc3c(c2)OCN3)n[nH]c1C1CCC(N)CC1. The van der Waals surface area contributed by atoms with Gasteiger partial charge in [-0.1, -0.05) is 6.07 Å². The number of hydrogen-bond acceptors (Lipinski definition) is 5. The fourth-order valence-electron chi connectivity index (χ4n) is 3.51. The van der Waals surface area contributed by atoms with E-state index >= 15 is 0 Å². The molecule has 0 bridgehead atoms. The molecule has 0 unspecified atom stereocenters. The Morgan fingerprint density at radius 2 is 2.09 bits per heavy atom. The first-order chi connectivity index (χ1) is 11.3. The van der Waals surface area contributed by atoms with Gasteiger partial charge in [0.15, 0.2) is 6.73 Å². The number of nitrogens with two attached hydrogens (primary N) is 1. The summed E-state index contributed by atoms with van der Waals surface area (Å²) in [5.74, 6) is 1.15. The van der Waals surface area contributed by atoms with E-state index in [1.807, 2.05) is 18.2 Å². The van der Waals surface area contributed by atoms with Gasteiger partial charge in [-0.2, -0.15) is 10.4 Å². The lowest BCUT2D eigenvalue weighted by Crippen LogP contribution is -2.26. The van der Waals surface area contributed by atoms with Crippen LogP contribution in [0.5, 0.6) is 5.75 Å². The molecule has 1 saturated carbocycles. The maximum atomic E-state index is 9.65. The number of ether oxygens (including phenoxy) is 1. The predicted octanol–water partition coefficient (Wildman–Crippen LogP) is 2.70. The Labute approximate surface area is 134 Å². The van der Waals surface area contributed by atoms with E-state index in [9.17, 15) is 5.26 Å². The van der Waals surface area contributed by atoms with Gasteiger partial charge in [0.05, 0.1) is 11.4 Å². The summed E-state index contributed by atoms with van der Waals surface area (Å²) in [6.07, 6.45) is 4.02. The van der Waals surface area contributed by atoms with Gasteiger partial charge < -0.3 is 15.8 Å². The number of aromatic nitrogens is 2. The summed E-state index contributed by atoms with van der Waals surface area (Å²) in [5.41, 5.74) is 10.2. The molecule has 6 nitrogen and oxygen atoms in total. The Morgan fingerprint density at radius 3 is 2.87 bits per heavy atom. The third-order valence-electron chi connectivity index (χ3n) is 4.83. The fraction of sp³-hybridized carbons (Fsp3) is 0.412. The van der Waals surface area contributed by atoms with Crippen LogP contribution in [0.4, 0.5) is 5.69 Å². The van der Waals surface area contributed by atoms with E-state index in [-0.39, 0.29) is 0 Å². The fourth-order valence-corrected chi connectivity index (χ4v) is 3.51. The van der Waals surface area contributed by atoms with Crippen LogP contribution in [0, 0.1) is 11.3 Å². The lowest BCUT2D eigenvalue weighted by molar-refractivity contribution is 0.372. The number of nitrogens with zero attached hydrogens (tertiary/aromatic N) is 2. The highest BCUT2D eigenvalue weighted by Crippen LogP contribution is 2.38. The van der Waals surface area contributed by atoms with Gasteiger partial charge in [0.1, 0.15) is 23.1 Å². The Bertz CT molecular complexity index is 768. The van der Waals surface area contributed by atoms with Crippen LogP contribution >= 0.6 is 0 Å². The standard InChI is InChI=1S/C17H19N5O/c18-8-13-16(10-1-4-12(19)5-2-10)21-22-17(13)11-3-6-14-15(7-11)23-9-20-14/h3,6-7,10,12,20H,1-2,4-5,9,19H2,(H,21,22). The zero-order valence-corrected chi connectivity index (χ0v) is 12.8. The maximum absolute atomic E-state index is 9.65. The van der Waals surface area contributed by atoms with Crippen LogP contribution in [-0.2, 0) is 0 Å². The first kappa shape index (κ1) is 14.1. The Balaban J connectivity index is 1.69. The second-order valence-electron chi connectivity index (χ2n) is 6.26. The summed E-state index contributed by atoms with van der Waals surface area (Å²) < 4.78 is 5.52. The monoisotopic (exact) mass is 309 g/mol. The zero-order valence-electron chi connectivity index (χ0n) is 12.8. The van der Waals surface area contributed by atoms with Crippen molar-refractivity contribution in [1.29, 1.82) is 5.26 Å². The minimum atomic E-state index is 0.292. The summed E-state index contributed by atoms with van der Waals surface area (Å²) in [6, 6.07) is 8.50. The highest BCUT2D eigenvalue weighted by molar-refractivity contribution is 5.74. The molecule has 2 heterocycles. The van der Waals surface area contributed by atoms with E-state index in [0.717, 1.165) is 48.4 Å². The second kappa shape index (κ2) is 5.60. The van der Waals surface area contributed by atoms with E-state index in [0.29, 0.717) is 29.9 Å². The normalized spacial score (nSPS) is 22.8. The van der Waals surface area contributed by atoms with Crippen molar-refractivity contribution < 1.29 is 4.74 Å². The average Bonchev–Trinajstić information content (AvgIpc) is 3.21. The van der Waals surface area contributed by atoms with Crippen molar-refractivity contribution in [2.45, 2.75) is 37.6 Å². The molecule has 0 amide bonds. The van der Waals surface area contributed by atoms with Crippen LogP contribution in [0.1, 0.15) is 42.9 Å². The molecule has 0 spiro atoms. The first-order valence-corrected chi connectivity index (χ1v) is 8.01. The van der Waals surface area contributed by atoms with Crippen LogP contribution in [0.25, 0.3) is 11.3 Å². The molecule has 0 radical (unpaired) electrons. The number of nitrogens with one attached hydrogen (secondary N) is 2. The summed E-state index contributed by atoms with van der Waals surface area (Å²) in [4.78, 5) is 0. The number of hydrogen-bond donors (Lipinski definition) is 3. The van der Waals surface area contributed by atoms with Crippen molar-refractivity contribution in [3.63, 3.8) is 0 Å². The van der Waals surface area contributed by atoms with E-state index < -0.39 is 0 Å². The number of aromatic amines is 1. The van der Waals surface area contributed by atoms with Gasteiger partial charge in [-0.15, -0.1) is 0 Å². The van der Waals surface area contributed by atoms with Crippen LogP contribution in [0.15, 0.2) is 18.2 Å². The first-order valence-electron chi connectivity index (χ1n) is 8.01. The minimum Gasteiger partial charge on any atom is -0.471 e. The molecule has 23 heavy (non-hydrogen) atoms. The van der Waals surface area contributed by atoms with Gasteiger partial charge in [0.2, 0.25) is 0 Å². The quantitative estimate of drug-likeness (QED) is 0.792. The molecule has 1 aliphatic carbocycles. The molecule has 2 aromatic rings. The van der Waals surface area contributed by atoms with Crippen molar-refractivity contribution >= 4 is 5.69 Å². The Hall–Kier alpha value is -2.52. The number of benzene rings is 1. The summed E-state index contributed by atoms with van der Waals surface area (Å²) in [5, 5.41) is 20.3. The summed E-state index contributed by atoms with van der Waals surface area (Å²) in [6.45, 7) is 0.484. The molecule has 1 aliphatic heterocycles. The van der Waals surface area contributed by atoms with E-state index in [2.05, 4.69) is 21.6 Å². The van der Waals surface area contributed by atoms with Crippen molar-refractivity contribution in [1.82, 2.24) is 10.2 Å². The maximum Gasteiger partial charge on any atom is 0.159 e. The van der Waals surface area contributed by atoms with Crippen LogP contribution in [0.3, 0.4) is 0 Å². The van der Waals surface area contributed by atoms with Gasteiger partial charge in [-0.05, 0) is 37.8 Å². The molecule has 1 aromatic carbocycles. The highest BCUT2D eigenvalue weighted by Gasteiger charge is 2.26.